The third-order valence-electron chi connectivity index (χ3n) is 4.18. The second-order valence-corrected chi connectivity index (χ2v) is 5.27. The van der Waals surface area contributed by atoms with Crippen LogP contribution in [0.1, 0.15) is 30.4 Å². The maximum Gasteiger partial charge on any atom is 0.122 e. The van der Waals surface area contributed by atoms with Crippen molar-refractivity contribution >= 4 is 0 Å². The van der Waals surface area contributed by atoms with E-state index in [9.17, 15) is 0 Å². The Morgan fingerprint density at radius 2 is 2.19 bits per heavy atom. The second kappa shape index (κ2) is 3.77. The van der Waals surface area contributed by atoms with Gasteiger partial charge in [-0.15, -0.1) is 0 Å². The first-order chi connectivity index (χ1) is 7.81. The summed E-state index contributed by atoms with van der Waals surface area (Å²) in [5, 5.41) is 0. The van der Waals surface area contributed by atoms with Gasteiger partial charge in [-0.25, -0.2) is 0 Å². The molecule has 0 unspecified atom stereocenters. The van der Waals surface area contributed by atoms with Gasteiger partial charge in [-0.1, -0.05) is 18.6 Å². The molecule has 0 radical (unpaired) electrons. The van der Waals surface area contributed by atoms with Crippen molar-refractivity contribution in [3.8, 4) is 5.75 Å². The number of nitrogens with two attached hydrogens (primary N) is 1. The van der Waals surface area contributed by atoms with Crippen LogP contribution in [-0.4, -0.2) is 13.2 Å². The second-order valence-electron chi connectivity index (χ2n) is 5.27. The first kappa shape index (κ1) is 10.2. The SMILES string of the molecule is NCC1(Cc2ccc3c(c2)CCO3)CCC1. The number of hydrogen-bond acceptors (Lipinski definition) is 2. The van der Waals surface area contributed by atoms with E-state index < -0.39 is 0 Å². The van der Waals surface area contributed by atoms with Crippen LogP contribution >= 0.6 is 0 Å². The number of ether oxygens (including phenoxy) is 1. The van der Waals surface area contributed by atoms with E-state index in [2.05, 4.69) is 18.2 Å². The zero-order valence-electron chi connectivity index (χ0n) is 9.67. The van der Waals surface area contributed by atoms with Gasteiger partial charge in [-0.3, -0.25) is 0 Å². The molecule has 1 aliphatic heterocycles. The summed E-state index contributed by atoms with van der Waals surface area (Å²) in [7, 11) is 0. The Labute approximate surface area is 96.8 Å². The number of rotatable bonds is 3. The Kier molecular flexibility index (Phi) is 2.40. The monoisotopic (exact) mass is 217 g/mol. The molecule has 2 heteroatoms. The fourth-order valence-corrected chi connectivity index (χ4v) is 2.91. The number of fused-ring (bicyclic) bond motifs is 1. The van der Waals surface area contributed by atoms with Crippen LogP contribution < -0.4 is 10.5 Å². The van der Waals surface area contributed by atoms with Crippen LogP contribution in [0.5, 0.6) is 5.75 Å². The highest BCUT2D eigenvalue weighted by Crippen LogP contribution is 2.43. The van der Waals surface area contributed by atoms with Crippen LogP contribution in [-0.2, 0) is 12.8 Å². The zero-order chi connectivity index (χ0) is 11.0. The van der Waals surface area contributed by atoms with Gasteiger partial charge in [0.2, 0.25) is 0 Å². The van der Waals surface area contributed by atoms with Gasteiger partial charge in [0.05, 0.1) is 6.61 Å². The molecule has 0 saturated heterocycles. The smallest absolute Gasteiger partial charge is 0.122 e. The summed E-state index contributed by atoms with van der Waals surface area (Å²) in [4.78, 5) is 0. The van der Waals surface area contributed by atoms with Crippen molar-refractivity contribution in [1.82, 2.24) is 0 Å². The molecular weight excluding hydrogens is 198 g/mol. The van der Waals surface area contributed by atoms with Crippen molar-refractivity contribution in [2.45, 2.75) is 32.1 Å². The maximum absolute atomic E-state index is 5.90. The predicted molar refractivity (Wildman–Crippen MR) is 64.7 cm³/mol. The first-order valence-corrected chi connectivity index (χ1v) is 6.26. The Balaban J connectivity index is 1.80. The molecule has 0 bridgehead atoms. The van der Waals surface area contributed by atoms with Crippen molar-refractivity contribution in [2.75, 3.05) is 13.2 Å². The average Bonchev–Trinajstić information content (AvgIpc) is 2.70. The fourth-order valence-electron chi connectivity index (χ4n) is 2.91. The van der Waals surface area contributed by atoms with Crippen LogP contribution in [0.15, 0.2) is 18.2 Å². The highest BCUT2D eigenvalue weighted by Gasteiger charge is 2.35. The highest BCUT2D eigenvalue weighted by atomic mass is 16.5. The molecule has 2 N–H and O–H groups in total. The van der Waals surface area contributed by atoms with Crippen LogP contribution in [0, 0.1) is 5.41 Å². The minimum atomic E-state index is 0.410. The molecule has 0 atom stereocenters. The molecule has 1 saturated carbocycles. The molecule has 2 nitrogen and oxygen atoms in total. The average molecular weight is 217 g/mol. The van der Waals surface area contributed by atoms with Crippen molar-refractivity contribution in [1.29, 1.82) is 0 Å². The van der Waals surface area contributed by atoms with Crippen molar-refractivity contribution in [2.24, 2.45) is 11.1 Å². The van der Waals surface area contributed by atoms with Crippen molar-refractivity contribution < 1.29 is 4.74 Å². The van der Waals surface area contributed by atoms with E-state index in [0.29, 0.717) is 5.41 Å². The van der Waals surface area contributed by atoms with E-state index in [1.165, 1.54) is 30.4 Å². The van der Waals surface area contributed by atoms with Crippen LogP contribution in [0.3, 0.4) is 0 Å². The molecule has 1 fully saturated rings. The molecule has 1 heterocycles. The summed E-state index contributed by atoms with van der Waals surface area (Å²) < 4.78 is 5.53. The first-order valence-electron chi connectivity index (χ1n) is 6.26. The maximum atomic E-state index is 5.90. The van der Waals surface area contributed by atoms with Gasteiger partial charge >= 0.3 is 0 Å². The van der Waals surface area contributed by atoms with Gasteiger partial charge in [-0.2, -0.15) is 0 Å². The lowest BCUT2D eigenvalue weighted by molar-refractivity contribution is 0.145. The Bertz CT molecular complexity index is 390. The summed E-state index contributed by atoms with van der Waals surface area (Å²) >= 11 is 0. The molecule has 0 spiro atoms. The van der Waals surface area contributed by atoms with Gasteiger partial charge in [0.25, 0.3) is 0 Å². The Morgan fingerprint density at radius 3 is 2.88 bits per heavy atom. The van der Waals surface area contributed by atoms with Crippen LogP contribution in [0.25, 0.3) is 0 Å². The molecule has 0 amide bonds. The van der Waals surface area contributed by atoms with E-state index in [0.717, 1.165) is 31.7 Å². The van der Waals surface area contributed by atoms with Gasteiger partial charge < -0.3 is 10.5 Å². The lowest BCUT2D eigenvalue weighted by Gasteiger charge is -2.41. The van der Waals surface area contributed by atoms with E-state index in [-0.39, 0.29) is 0 Å². The van der Waals surface area contributed by atoms with Gasteiger partial charge in [0.15, 0.2) is 0 Å². The minimum Gasteiger partial charge on any atom is -0.493 e. The number of benzene rings is 1. The van der Waals surface area contributed by atoms with E-state index in [1.54, 1.807) is 0 Å². The largest absolute Gasteiger partial charge is 0.493 e. The minimum absolute atomic E-state index is 0.410. The Hall–Kier alpha value is -1.02. The van der Waals surface area contributed by atoms with E-state index in [1.807, 2.05) is 0 Å². The normalized spacial score (nSPS) is 21.1. The summed E-state index contributed by atoms with van der Waals surface area (Å²) in [5.41, 5.74) is 9.13. The molecule has 16 heavy (non-hydrogen) atoms. The molecule has 2 aliphatic rings. The third-order valence-corrected chi connectivity index (χ3v) is 4.18. The van der Waals surface area contributed by atoms with Crippen LogP contribution in [0.2, 0.25) is 0 Å². The van der Waals surface area contributed by atoms with Crippen LogP contribution in [0.4, 0.5) is 0 Å². The molecule has 1 aromatic carbocycles. The van der Waals surface area contributed by atoms with Gasteiger partial charge in [0, 0.05) is 6.42 Å². The summed E-state index contributed by atoms with van der Waals surface area (Å²) in [6, 6.07) is 6.65. The molecule has 1 aliphatic carbocycles. The fraction of sp³-hybridized carbons (Fsp3) is 0.571. The summed E-state index contributed by atoms with van der Waals surface area (Å²) in [6.45, 7) is 1.68. The Morgan fingerprint density at radius 1 is 1.31 bits per heavy atom. The van der Waals surface area contributed by atoms with Gasteiger partial charge in [0.1, 0.15) is 5.75 Å². The molecule has 86 valence electrons. The highest BCUT2D eigenvalue weighted by molar-refractivity contribution is 5.40. The topological polar surface area (TPSA) is 35.2 Å². The lowest BCUT2D eigenvalue weighted by atomic mass is 9.65. The summed E-state index contributed by atoms with van der Waals surface area (Å²) in [6.07, 6.45) is 6.18. The van der Waals surface area contributed by atoms with E-state index >= 15 is 0 Å². The molecule has 1 aromatic rings. The molecule has 0 aromatic heterocycles. The predicted octanol–water partition coefficient (Wildman–Crippen LogP) is 2.29. The summed E-state index contributed by atoms with van der Waals surface area (Å²) in [5.74, 6) is 1.08. The van der Waals surface area contributed by atoms with Crippen molar-refractivity contribution in [3.05, 3.63) is 29.3 Å². The third kappa shape index (κ3) is 1.61. The molecular formula is C14H19NO. The lowest BCUT2D eigenvalue weighted by Crippen LogP contribution is -2.39. The van der Waals surface area contributed by atoms with E-state index in [4.69, 9.17) is 10.5 Å². The standard InChI is InChI=1S/C14H19NO/c15-10-14(5-1-6-14)9-11-2-3-13-12(8-11)4-7-16-13/h2-3,8H,1,4-7,9-10,15H2. The zero-order valence-corrected chi connectivity index (χ0v) is 9.67. The quantitative estimate of drug-likeness (QED) is 0.843. The van der Waals surface area contributed by atoms with Gasteiger partial charge in [-0.05, 0) is 48.4 Å². The molecule has 3 rings (SSSR count). The van der Waals surface area contributed by atoms with Crippen molar-refractivity contribution in [3.63, 3.8) is 0 Å². The number of hydrogen-bond donors (Lipinski definition) is 1.